The number of nitrogens with one attached hydrogen (secondary N) is 2. The summed E-state index contributed by atoms with van der Waals surface area (Å²) in [6, 6.07) is 21.6. The largest absolute Gasteiger partial charge is 0.480 e. The molecule has 0 aliphatic rings. The van der Waals surface area contributed by atoms with Gasteiger partial charge in [0.2, 0.25) is 15.9 Å². The van der Waals surface area contributed by atoms with E-state index >= 15 is 0 Å². The normalized spacial score (nSPS) is 11.7. The van der Waals surface area contributed by atoms with Crippen LogP contribution in [-0.4, -0.2) is 47.5 Å². The molecule has 3 aromatic carbocycles. The molecule has 0 saturated carbocycles. The van der Waals surface area contributed by atoms with E-state index in [0.29, 0.717) is 18.5 Å². The summed E-state index contributed by atoms with van der Waals surface area (Å²) >= 11 is 0. The molecule has 1 amide bonds. The zero-order valence-electron chi connectivity index (χ0n) is 21.5. The topological polar surface area (TPSA) is 130 Å². The Kier molecular flexibility index (Phi) is 9.46. The number of carbonyl (C=O) groups is 2. The fourth-order valence-corrected chi connectivity index (χ4v) is 5.06. The Morgan fingerprint density at radius 3 is 2.17 bits per heavy atom. The Bertz CT molecular complexity index is 1590. The monoisotopic (exact) mass is 556 g/mol. The zero-order chi connectivity index (χ0) is 28.4. The van der Waals surface area contributed by atoms with Crippen LogP contribution in [-0.2, 0) is 26.0 Å². The van der Waals surface area contributed by atoms with Crippen LogP contribution < -0.4 is 10.0 Å². The van der Waals surface area contributed by atoms with Gasteiger partial charge in [-0.05, 0) is 66.9 Å². The molecule has 0 aliphatic carbocycles. The lowest BCUT2D eigenvalue weighted by Crippen LogP contribution is -2.41. The number of aliphatic carboxylic acids is 1. The predicted octanol–water partition coefficient (Wildman–Crippen LogP) is 3.14. The van der Waals surface area contributed by atoms with Crippen molar-refractivity contribution in [1.82, 2.24) is 19.6 Å². The third kappa shape index (κ3) is 8.14. The Morgan fingerprint density at radius 1 is 0.925 bits per heavy atom. The Morgan fingerprint density at radius 2 is 1.57 bits per heavy atom. The maximum Gasteiger partial charge on any atom is 0.321 e. The van der Waals surface area contributed by atoms with Gasteiger partial charge in [-0.25, -0.2) is 13.4 Å². The van der Waals surface area contributed by atoms with E-state index in [0.717, 1.165) is 16.8 Å². The number of sulfonamides is 1. The lowest BCUT2D eigenvalue weighted by Gasteiger charge is -2.15. The molecule has 0 saturated heterocycles. The molecule has 9 nitrogen and oxygen atoms in total. The van der Waals surface area contributed by atoms with Crippen LogP contribution >= 0.6 is 0 Å². The smallest absolute Gasteiger partial charge is 0.321 e. The molecule has 4 aromatic rings. The Labute approximate surface area is 233 Å². The molecule has 3 N–H and O–H groups in total. The van der Waals surface area contributed by atoms with Gasteiger partial charge in [0.05, 0.1) is 11.2 Å². The maximum atomic E-state index is 12.8. The number of amides is 1. The van der Waals surface area contributed by atoms with Crippen LogP contribution in [0.15, 0.2) is 102 Å². The standard InChI is InChI=1S/C30H28N4O5S/c35-29(32-19-18-23-4-2-1-3-5-23)17-16-28(30(36)37)33-40(38,39)27-14-10-25(11-15-27)7-6-24-8-12-26(13-9-24)34-21-20-31-22-34/h1-5,8-15,20-22,28,33H,16-19H2,(H,32,35)(H,36,37)/t28-/m1/s1. The van der Waals surface area contributed by atoms with E-state index in [4.69, 9.17) is 0 Å². The molecular formula is C30H28N4O5S. The van der Waals surface area contributed by atoms with E-state index in [1.54, 1.807) is 24.7 Å². The van der Waals surface area contributed by atoms with Crippen LogP contribution in [0.4, 0.5) is 0 Å². The van der Waals surface area contributed by atoms with Crippen molar-refractivity contribution in [3.8, 4) is 17.5 Å². The van der Waals surface area contributed by atoms with Crippen molar-refractivity contribution in [1.29, 1.82) is 0 Å². The Hall–Kier alpha value is -4.72. The summed E-state index contributed by atoms with van der Waals surface area (Å²) in [5.74, 6) is 4.32. The summed E-state index contributed by atoms with van der Waals surface area (Å²) in [5.41, 5.74) is 3.40. The summed E-state index contributed by atoms with van der Waals surface area (Å²) in [4.78, 5) is 27.8. The van der Waals surface area contributed by atoms with E-state index in [2.05, 4.69) is 26.9 Å². The zero-order valence-corrected chi connectivity index (χ0v) is 22.3. The predicted molar refractivity (Wildman–Crippen MR) is 150 cm³/mol. The molecule has 0 unspecified atom stereocenters. The second-order valence-corrected chi connectivity index (χ2v) is 10.6. The molecule has 0 aliphatic heterocycles. The molecule has 0 bridgehead atoms. The minimum Gasteiger partial charge on any atom is -0.480 e. The molecule has 1 aromatic heterocycles. The molecule has 10 heteroatoms. The highest BCUT2D eigenvalue weighted by atomic mass is 32.2. The third-order valence-corrected chi connectivity index (χ3v) is 7.51. The molecule has 40 heavy (non-hydrogen) atoms. The number of rotatable bonds is 11. The minimum absolute atomic E-state index is 0.0960. The molecular weight excluding hydrogens is 528 g/mol. The first-order chi connectivity index (χ1) is 19.3. The molecule has 1 heterocycles. The van der Waals surface area contributed by atoms with Gasteiger partial charge >= 0.3 is 5.97 Å². The van der Waals surface area contributed by atoms with Gasteiger partial charge in [0.1, 0.15) is 6.04 Å². The second-order valence-electron chi connectivity index (χ2n) is 8.93. The number of carbonyl (C=O) groups excluding carboxylic acids is 1. The third-order valence-electron chi connectivity index (χ3n) is 6.02. The second kappa shape index (κ2) is 13.4. The highest BCUT2D eigenvalue weighted by molar-refractivity contribution is 7.89. The summed E-state index contributed by atoms with van der Waals surface area (Å²) < 4.78 is 29.7. The Balaban J connectivity index is 1.30. The molecule has 0 spiro atoms. The first kappa shape index (κ1) is 28.3. The number of aromatic nitrogens is 2. The van der Waals surface area contributed by atoms with Gasteiger partial charge in [-0.2, -0.15) is 4.72 Å². The lowest BCUT2D eigenvalue weighted by atomic mass is 10.1. The van der Waals surface area contributed by atoms with Gasteiger partial charge in [-0.15, -0.1) is 0 Å². The minimum atomic E-state index is -4.13. The maximum absolute atomic E-state index is 12.8. The van der Waals surface area contributed by atoms with Crippen molar-refractivity contribution in [2.75, 3.05) is 6.54 Å². The van der Waals surface area contributed by atoms with Crippen molar-refractivity contribution in [2.24, 2.45) is 0 Å². The van der Waals surface area contributed by atoms with E-state index in [1.165, 1.54) is 12.1 Å². The average molecular weight is 557 g/mol. The van der Waals surface area contributed by atoms with Crippen LogP contribution in [0.3, 0.4) is 0 Å². The number of imidazole rings is 1. The van der Waals surface area contributed by atoms with Crippen molar-refractivity contribution < 1.29 is 23.1 Å². The molecule has 0 radical (unpaired) electrons. The van der Waals surface area contributed by atoms with E-state index < -0.39 is 22.0 Å². The number of benzene rings is 3. The van der Waals surface area contributed by atoms with E-state index in [1.807, 2.05) is 65.4 Å². The van der Waals surface area contributed by atoms with Crippen LogP contribution in [0.1, 0.15) is 29.5 Å². The summed E-state index contributed by atoms with van der Waals surface area (Å²) in [5, 5.41) is 12.3. The summed E-state index contributed by atoms with van der Waals surface area (Å²) in [6.07, 6.45) is 5.56. The van der Waals surface area contributed by atoms with Gasteiger partial charge in [0, 0.05) is 42.2 Å². The average Bonchev–Trinajstić information content (AvgIpc) is 3.50. The van der Waals surface area contributed by atoms with Crippen molar-refractivity contribution >= 4 is 21.9 Å². The van der Waals surface area contributed by atoms with E-state index in [9.17, 15) is 23.1 Å². The molecule has 0 fully saturated rings. The highest BCUT2D eigenvalue weighted by Crippen LogP contribution is 2.13. The first-order valence-corrected chi connectivity index (χ1v) is 14.0. The SMILES string of the molecule is O=C(CC[C@@H](NS(=O)(=O)c1ccc(C#Cc2ccc(-n3ccnc3)cc2)cc1)C(=O)O)NCCc1ccccc1. The molecule has 1 atom stereocenters. The van der Waals surface area contributed by atoms with Crippen molar-refractivity contribution in [3.63, 3.8) is 0 Å². The van der Waals surface area contributed by atoms with Gasteiger partial charge in [0.25, 0.3) is 0 Å². The molecule has 4 rings (SSSR count). The fraction of sp³-hybridized carbons (Fsp3) is 0.167. The number of hydrogen-bond donors (Lipinski definition) is 3. The number of nitrogens with zero attached hydrogens (tertiary/aromatic N) is 2. The summed E-state index contributed by atoms with van der Waals surface area (Å²) in [7, 11) is -4.13. The number of carboxylic acid groups (broad SMARTS) is 1. The van der Waals surface area contributed by atoms with Crippen LogP contribution in [0.25, 0.3) is 5.69 Å². The molecule has 204 valence electrons. The van der Waals surface area contributed by atoms with Crippen LogP contribution in [0.2, 0.25) is 0 Å². The van der Waals surface area contributed by atoms with Crippen molar-refractivity contribution in [3.05, 3.63) is 114 Å². The number of hydrogen-bond acceptors (Lipinski definition) is 5. The quantitative estimate of drug-likeness (QED) is 0.243. The number of carboxylic acids is 1. The van der Waals surface area contributed by atoms with Gasteiger partial charge in [0.15, 0.2) is 0 Å². The van der Waals surface area contributed by atoms with Gasteiger partial charge < -0.3 is 15.0 Å². The van der Waals surface area contributed by atoms with Crippen LogP contribution in [0, 0.1) is 11.8 Å². The van der Waals surface area contributed by atoms with E-state index in [-0.39, 0.29) is 23.6 Å². The van der Waals surface area contributed by atoms with Crippen molar-refractivity contribution in [2.45, 2.75) is 30.2 Å². The van der Waals surface area contributed by atoms with Gasteiger partial charge in [-0.3, -0.25) is 9.59 Å². The van der Waals surface area contributed by atoms with Gasteiger partial charge in [-0.1, -0.05) is 42.2 Å². The van der Waals surface area contributed by atoms with Crippen LogP contribution in [0.5, 0.6) is 0 Å². The first-order valence-electron chi connectivity index (χ1n) is 12.6. The summed E-state index contributed by atoms with van der Waals surface area (Å²) in [6.45, 7) is 0.401. The lowest BCUT2D eigenvalue weighted by molar-refractivity contribution is -0.139. The fourth-order valence-electron chi connectivity index (χ4n) is 3.83. The highest BCUT2D eigenvalue weighted by Gasteiger charge is 2.26.